The summed E-state index contributed by atoms with van der Waals surface area (Å²) in [5.41, 5.74) is 2.48. The molecule has 3 aromatic rings. The summed E-state index contributed by atoms with van der Waals surface area (Å²) in [4.78, 5) is 20.4. The summed E-state index contributed by atoms with van der Waals surface area (Å²) >= 11 is 1.61. The normalized spacial score (nSPS) is 19.9. The van der Waals surface area contributed by atoms with Crippen molar-refractivity contribution in [3.8, 4) is 0 Å². The highest BCUT2D eigenvalue weighted by Crippen LogP contribution is 2.30. The number of aromatic nitrogens is 3. The van der Waals surface area contributed by atoms with Gasteiger partial charge in [-0.25, -0.2) is 9.97 Å². The van der Waals surface area contributed by atoms with E-state index in [9.17, 15) is 9.90 Å². The summed E-state index contributed by atoms with van der Waals surface area (Å²) in [6.07, 6.45) is 7.20. The fourth-order valence-corrected chi connectivity index (χ4v) is 4.46. The number of fused-ring (bicyclic) bond motifs is 1. The summed E-state index contributed by atoms with van der Waals surface area (Å²) in [7, 11) is 1.59. The van der Waals surface area contributed by atoms with Gasteiger partial charge in [-0.15, -0.1) is 0 Å². The van der Waals surface area contributed by atoms with Gasteiger partial charge >= 0.3 is 0 Å². The predicted octanol–water partition coefficient (Wildman–Crippen LogP) is 2.62. The van der Waals surface area contributed by atoms with E-state index in [1.54, 1.807) is 30.9 Å². The molecule has 0 aliphatic heterocycles. The third-order valence-corrected chi connectivity index (χ3v) is 5.90. The zero-order chi connectivity index (χ0) is 18.8. The molecular formula is C19H23N5O2S. The Balaban J connectivity index is 1.49. The Hall–Kier alpha value is -2.45. The average molecular weight is 385 g/mol. The maximum Gasteiger partial charge on any atom is 0.271 e. The number of anilines is 1. The van der Waals surface area contributed by atoms with Gasteiger partial charge in [-0.3, -0.25) is 4.79 Å². The van der Waals surface area contributed by atoms with Crippen molar-refractivity contribution in [3.05, 3.63) is 42.0 Å². The van der Waals surface area contributed by atoms with Crippen molar-refractivity contribution in [2.45, 2.75) is 44.4 Å². The Morgan fingerprint density at radius 3 is 3.04 bits per heavy atom. The molecule has 0 saturated heterocycles. The zero-order valence-corrected chi connectivity index (χ0v) is 16.0. The molecule has 0 bridgehead atoms. The van der Waals surface area contributed by atoms with Crippen molar-refractivity contribution in [3.63, 3.8) is 0 Å². The molecule has 142 valence electrons. The highest BCUT2D eigenvalue weighted by atomic mass is 32.1. The number of aliphatic hydroxyl groups excluding tert-OH is 1. The van der Waals surface area contributed by atoms with Crippen LogP contribution in [0.3, 0.4) is 0 Å². The lowest BCUT2D eigenvalue weighted by atomic mass is 9.93. The summed E-state index contributed by atoms with van der Waals surface area (Å²) in [5.74, 6) is -0.188. The molecule has 1 amide bonds. The van der Waals surface area contributed by atoms with Crippen LogP contribution in [0.5, 0.6) is 0 Å². The van der Waals surface area contributed by atoms with Crippen LogP contribution in [0.2, 0.25) is 0 Å². The number of rotatable bonds is 5. The van der Waals surface area contributed by atoms with Gasteiger partial charge in [0.2, 0.25) is 0 Å². The second kappa shape index (κ2) is 7.66. The number of amides is 1. The van der Waals surface area contributed by atoms with Crippen LogP contribution in [-0.2, 0) is 6.54 Å². The van der Waals surface area contributed by atoms with E-state index in [-0.39, 0.29) is 18.1 Å². The fourth-order valence-electron chi connectivity index (χ4n) is 3.47. The van der Waals surface area contributed by atoms with Crippen LogP contribution in [0, 0.1) is 0 Å². The molecule has 0 spiro atoms. The summed E-state index contributed by atoms with van der Waals surface area (Å²) in [6.45, 7) is 0.641. The third kappa shape index (κ3) is 3.96. The molecule has 1 aliphatic rings. The van der Waals surface area contributed by atoms with Gasteiger partial charge in [0.1, 0.15) is 5.69 Å². The van der Waals surface area contributed by atoms with E-state index in [4.69, 9.17) is 0 Å². The van der Waals surface area contributed by atoms with Gasteiger partial charge in [0.25, 0.3) is 5.91 Å². The summed E-state index contributed by atoms with van der Waals surface area (Å²) in [6, 6.07) is 6.27. The van der Waals surface area contributed by atoms with Gasteiger partial charge in [0.15, 0.2) is 5.13 Å². The topological polar surface area (TPSA) is 92.1 Å². The Labute approximate surface area is 161 Å². The lowest BCUT2D eigenvalue weighted by Crippen LogP contribution is -2.36. The average Bonchev–Trinajstić information content (AvgIpc) is 3.29. The minimum absolute atomic E-state index is 0.0906. The second-order valence-corrected chi connectivity index (χ2v) is 7.96. The second-order valence-electron chi connectivity index (χ2n) is 6.93. The fraction of sp³-hybridized carbons (Fsp3) is 0.421. The van der Waals surface area contributed by atoms with E-state index in [0.29, 0.717) is 12.2 Å². The molecule has 0 unspecified atom stereocenters. The van der Waals surface area contributed by atoms with Crippen LogP contribution in [-0.4, -0.2) is 44.7 Å². The minimum atomic E-state index is -0.294. The standard InChI is InChI=1S/C19H23N5O2S/c1-20-18(26)15-10-24(11-21-15)9-12-6-7-14-17(8-12)27-19(23-14)22-13-4-2-3-5-16(13)25/h6-8,10-11,13,16,25H,2-5,9H2,1H3,(H,20,26)(H,22,23)/t13-,16-/m1/s1. The molecule has 2 atom stereocenters. The van der Waals surface area contributed by atoms with Gasteiger partial charge in [-0.1, -0.05) is 30.2 Å². The number of aliphatic hydroxyl groups is 1. The monoisotopic (exact) mass is 385 g/mol. The SMILES string of the molecule is CNC(=O)c1cn(Cc2ccc3nc(N[C@@H]4CCCC[C@H]4O)sc3c2)cn1. The molecular weight excluding hydrogens is 362 g/mol. The smallest absolute Gasteiger partial charge is 0.271 e. The lowest BCUT2D eigenvalue weighted by Gasteiger charge is -2.27. The van der Waals surface area contributed by atoms with E-state index in [2.05, 4.69) is 26.7 Å². The van der Waals surface area contributed by atoms with Gasteiger partial charge in [-0.05, 0) is 30.5 Å². The van der Waals surface area contributed by atoms with Gasteiger partial charge in [-0.2, -0.15) is 0 Å². The van der Waals surface area contributed by atoms with Gasteiger partial charge in [0, 0.05) is 19.8 Å². The molecule has 2 heterocycles. The van der Waals surface area contributed by atoms with Crippen LogP contribution in [0.1, 0.15) is 41.7 Å². The Morgan fingerprint density at radius 2 is 2.22 bits per heavy atom. The molecule has 1 saturated carbocycles. The van der Waals surface area contributed by atoms with E-state index in [1.165, 1.54) is 0 Å². The Bertz CT molecular complexity index is 951. The van der Waals surface area contributed by atoms with Gasteiger partial charge in [0.05, 0.1) is 28.7 Å². The first-order valence-electron chi connectivity index (χ1n) is 9.20. The van der Waals surface area contributed by atoms with E-state index in [0.717, 1.165) is 46.6 Å². The van der Waals surface area contributed by atoms with Crippen LogP contribution in [0.4, 0.5) is 5.13 Å². The molecule has 2 aromatic heterocycles. The molecule has 0 radical (unpaired) electrons. The molecule has 3 N–H and O–H groups in total. The van der Waals surface area contributed by atoms with Crippen LogP contribution in [0.15, 0.2) is 30.7 Å². The first kappa shape index (κ1) is 17.9. The van der Waals surface area contributed by atoms with Crippen LogP contribution in [0.25, 0.3) is 10.2 Å². The van der Waals surface area contributed by atoms with E-state index in [1.807, 2.05) is 16.7 Å². The molecule has 4 rings (SSSR count). The van der Waals surface area contributed by atoms with Crippen molar-refractivity contribution in [2.75, 3.05) is 12.4 Å². The van der Waals surface area contributed by atoms with Crippen molar-refractivity contribution >= 4 is 32.6 Å². The molecule has 1 aliphatic carbocycles. The van der Waals surface area contributed by atoms with Crippen LogP contribution >= 0.6 is 11.3 Å². The van der Waals surface area contributed by atoms with E-state index >= 15 is 0 Å². The lowest BCUT2D eigenvalue weighted by molar-refractivity contribution is 0.0958. The maximum atomic E-state index is 11.6. The number of thiazole rings is 1. The number of nitrogens with zero attached hydrogens (tertiary/aromatic N) is 3. The third-order valence-electron chi connectivity index (χ3n) is 4.95. The van der Waals surface area contributed by atoms with Crippen LogP contribution < -0.4 is 10.6 Å². The Kier molecular flexibility index (Phi) is 5.09. The number of nitrogens with one attached hydrogen (secondary N) is 2. The first-order chi connectivity index (χ1) is 13.1. The largest absolute Gasteiger partial charge is 0.391 e. The highest BCUT2D eigenvalue weighted by Gasteiger charge is 2.23. The summed E-state index contributed by atoms with van der Waals surface area (Å²) in [5, 5.41) is 17.0. The zero-order valence-electron chi connectivity index (χ0n) is 15.2. The Morgan fingerprint density at radius 1 is 1.37 bits per heavy atom. The molecule has 1 fully saturated rings. The van der Waals surface area contributed by atoms with Gasteiger partial charge < -0.3 is 20.3 Å². The summed E-state index contributed by atoms with van der Waals surface area (Å²) < 4.78 is 3.00. The van der Waals surface area contributed by atoms with Crippen molar-refractivity contribution in [2.24, 2.45) is 0 Å². The molecule has 7 nitrogen and oxygen atoms in total. The predicted molar refractivity (Wildman–Crippen MR) is 106 cm³/mol. The number of carbonyl (C=O) groups excluding carboxylic acids is 1. The van der Waals surface area contributed by atoms with Crippen molar-refractivity contribution in [1.82, 2.24) is 19.9 Å². The van der Waals surface area contributed by atoms with Crippen molar-refractivity contribution < 1.29 is 9.90 Å². The molecule has 1 aromatic carbocycles. The quantitative estimate of drug-likeness (QED) is 0.628. The maximum absolute atomic E-state index is 11.6. The first-order valence-corrected chi connectivity index (χ1v) is 10.0. The highest BCUT2D eigenvalue weighted by molar-refractivity contribution is 7.22. The molecule has 27 heavy (non-hydrogen) atoms. The van der Waals surface area contributed by atoms with Crippen molar-refractivity contribution in [1.29, 1.82) is 0 Å². The number of carbonyl (C=O) groups is 1. The number of hydrogen-bond acceptors (Lipinski definition) is 6. The minimum Gasteiger partial charge on any atom is -0.391 e. The molecule has 8 heteroatoms. The number of benzene rings is 1. The van der Waals surface area contributed by atoms with E-state index < -0.39 is 0 Å². The number of imidazole rings is 1. The number of hydrogen-bond donors (Lipinski definition) is 3.